The van der Waals surface area contributed by atoms with Crippen LogP contribution >= 0.6 is 11.6 Å². The van der Waals surface area contributed by atoms with Crippen molar-refractivity contribution < 1.29 is 23.1 Å². The molecule has 1 aliphatic carbocycles. The van der Waals surface area contributed by atoms with Crippen LogP contribution in [0.3, 0.4) is 0 Å². The molecule has 1 atom stereocenters. The molecule has 3 aromatic rings. The smallest absolute Gasteiger partial charge is 0.326 e. The summed E-state index contributed by atoms with van der Waals surface area (Å²) in [5, 5.41) is 13.0. The van der Waals surface area contributed by atoms with E-state index in [0.717, 1.165) is 43.0 Å². The van der Waals surface area contributed by atoms with Crippen molar-refractivity contribution in [3.05, 3.63) is 53.1 Å². The first-order valence-electron chi connectivity index (χ1n) is 12.5. The minimum absolute atomic E-state index is 0.0166. The summed E-state index contributed by atoms with van der Waals surface area (Å²) in [6.07, 6.45) is 4.59. The molecule has 1 amide bonds. The predicted molar refractivity (Wildman–Crippen MR) is 144 cm³/mol. The summed E-state index contributed by atoms with van der Waals surface area (Å²) in [4.78, 5) is 27.8. The van der Waals surface area contributed by atoms with Crippen LogP contribution in [-0.2, 0) is 26.0 Å². The van der Waals surface area contributed by atoms with Gasteiger partial charge in [0.25, 0.3) is 0 Å². The van der Waals surface area contributed by atoms with Crippen molar-refractivity contribution in [1.82, 2.24) is 15.0 Å². The van der Waals surface area contributed by atoms with Crippen molar-refractivity contribution in [3.63, 3.8) is 0 Å². The molecule has 1 aliphatic rings. The molecule has 0 saturated heterocycles. The highest BCUT2D eigenvalue weighted by Gasteiger charge is 2.27. The summed E-state index contributed by atoms with van der Waals surface area (Å²) >= 11 is 6.36. The van der Waals surface area contributed by atoms with Crippen molar-refractivity contribution in [2.45, 2.75) is 69.4 Å². The number of benzene rings is 2. The van der Waals surface area contributed by atoms with Crippen LogP contribution in [0.2, 0.25) is 5.02 Å². The van der Waals surface area contributed by atoms with E-state index < -0.39 is 27.9 Å². The standard InChI is InChI=1S/C27H32ClN3O5S/c1-16(2)25(27(33)34)30-24(32)15-20-19-10-6-7-11-22(19)29-26(20)17-12-13-21(28)23(14-17)37(35,36)31-18-8-4-3-5-9-18/h6-7,10-14,16,18,25,29,31H,3-5,8-9,15H2,1-2H3,(H,30,32)(H,33,34). The van der Waals surface area contributed by atoms with Gasteiger partial charge in [-0.1, -0.05) is 69.0 Å². The van der Waals surface area contributed by atoms with E-state index in [9.17, 15) is 23.1 Å². The van der Waals surface area contributed by atoms with E-state index in [-0.39, 0.29) is 28.3 Å². The van der Waals surface area contributed by atoms with Gasteiger partial charge in [0.1, 0.15) is 10.9 Å². The molecule has 37 heavy (non-hydrogen) atoms. The van der Waals surface area contributed by atoms with Crippen molar-refractivity contribution in [1.29, 1.82) is 0 Å². The Bertz CT molecular complexity index is 1410. The van der Waals surface area contributed by atoms with Gasteiger partial charge in [0.05, 0.1) is 17.1 Å². The highest BCUT2D eigenvalue weighted by Crippen LogP contribution is 2.34. The molecule has 0 spiro atoms. The topological polar surface area (TPSA) is 128 Å². The van der Waals surface area contributed by atoms with Gasteiger partial charge in [-0.3, -0.25) is 4.79 Å². The summed E-state index contributed by atoms with van der Waals surface area (Å²) in [6.45, 7) is 3.46. The number of halogens is 1. The highest BCUT2D eigenvalue weighted by atomic mass is 35.5. The van der Waals surface area contributed by atoms with Gasteiger partial charge in [0.15, 0.2) is 0 Å². The Balaban J connectivity index is 1.71. The zero-order valence-corrected chi connectivity index (χ0v) is 22.5. The van der Waals surface area contributed by atoms with E-state index in [2.05, 4.69) is 15.0 Å². The van der Waals surface area contributed by atoms with Crippen LogP contribution in [0.15, 0.2) is 47.4 Å². The number of nitrogens with one attached hydrogen (secondary N) is 3. The Morgan fingerprint density at radius 1 is 1.11 bits per heavy atom. The SMILES string of the molecule is CC(C)C(NC(=O)Cc1c(-c2ccc(Cl)c(S(=O)(=O)NC3CCCCC3)c2)[nH]c2ccccc12)C(=O)O. The molecule has 1 heterocycles. The largest absolute Gasteiger partial charge is 0.480 e. The van der Waals surface area contributed by atoms with Gasteiger partial charge in [-0.2, -0.15) is 0 Å². The molecule has 10 heteroatoms. The molecule has 0 aliphatic heterocycles. The number of amides is 1. The van der Waals surface area contributed by atoms with Gasteiger partial charge in [0.2, 0.25) is 15.9 Å². The monoisotopic (exact) mass is 545 g/mol. The zero-order valence-electron chi connectivity index (χ0n) is 20.9. The molecule has 198 valence electrons. The maximum absolute atomic E-state index is 13.3. The quantitative estimate of drug-likeness (QED) is 0.305. The minimum atomic E-state index is -3.86. The molecule has 1 saturated carbocycles. The summed E-state index contributed by atoms with van der Waals surface area (Å²) < 4.78 is 29.3. The van der Waals surface area contributed by atoms with Crippen LogP contribution < -0.4 is 10.0 Å². The van der Waals surface area contributed by atoms with Crippen molar-refractivity contribution >= 4 is 44.4 Å². The lowest BCUT2D eigenvalue weighted by Gasteiger charge is -2.23. The number of sulfonamides is 1. The van der Waals surface area contributed by atoms with E-state index in [1.54, 1.807) is 26.0 Å². The number of fused-ring (bicyclic) bond motifs is 1. The fraction of sp³-hybridized carbons (Fsp3) is 0.407. The van der Waals surface area contributed by atoms with Crippen molar-refractivity contribution in [3.8, 4) is 11.3 Å². The van der Waals surface area contributed by atoms with Crippen LogP contribution in [-0.4, -0.2) is 42.5 Å². The second kappa shape index (κ2) is 11.2. The molecular formula is C27H32ClN3O5S. The van der Waals surface area contributed by atoms with Gasteiger partial charge in [-0.15, -0.1) is 0 Å². The fourth-order valence-corrected chi connectivity index (χ4v) is 6.73. The Kier molecular flexibility index (Phi) is 8.26. The fourth-order valence-electron chi connectivity index (χ4n) is 4.90. The van der Waals surface area contributed by atoms with Crippen LogP contribution in [0.1, 0.15) is 51.5 Å². The van der Waals surface area contributed by atoms with Gasteiger partial charge >= 0.3 is 5.97 Å². The zero-order chi connectivity index (χ0) is 26.7. The second-order valence-electron chi connectivity index (χ2n) is 9.93. The third-order valence-corrected chi connectivity index (χ3v) is 8.84. The van der Waals surface area contributed by atoms with E-state index >= 15 is 0 Å². The number of hydrogen-bond donors (Lipinski definition) is 4. The van der Waals surface area contributed by atoms with Gasteiger partial charge in [-0.05, 0) is 48.1 Å². The maximum atomic E-state index is 13.3. The second-order valence-corrected chi connectivity index (χ2v) is 12.0. The lowest BCUT2D eigenvalue weighted by molar-refractivity contribution is -0.143. The van der Waals surface area contributed by atoms with Crippen molar-refractivity contribution in [2.75, 3.05) is 0 Å². The number of aliphatic carboxylic acids is 1. The Labute approximate surface area is 221 Å². The maximum Gasteiger partial charge on any atom is 0.326 e. The van der Waals surface area contributed by atoms with Crippen LogP contribution in [0.25, 0.3) is 22.2 Å². The summed E-state index contributed by atoms with van der Waals surface area (Å²) in [5.41, 5.74) is 2.56. The number of aromatic amines is 1. The normalized spacial score (nSPS) is 15.7. The molecule has 0 bridgehead atoms. The average Bonchev–Trinajstić information content (AvgIpc) is 3.21. The summed E-state index contributed by atoms with van der Waals surface area (Å²) in [5.74, 6) is -1.82. The van der Waals surface area contributed by atoms with E-state index in [1.807, 2.05) is 24.3 Å². The first-order chi connectivity index (χ1) is 17.6. The molecular weight excluding hydrogens is 514 g/mol. The number of rotatable bonds is 9. The molecule has 1 unspecified atom stereocenters. The number of carboxylic acid groups (broad SMARTS) is 1. The first-order valence-corrected chi connectivity index (χ1v) is 14.4. The number of carbonyl (C=O) groups excluding carboxylic acids is 1. The molecule has 1 aromatic heterocycles. The third-order valence-electron chi connectivity index (χ3n) is 6.84. The van der Waals surface area contributed by atoms with Gasteiger partial charge in [0, 0.05) is 16.9 Å². The summed E-state index contributed by atoms with van der Waals surface area (Å²) in [7, 11) is -3.86. The van der Waals surface area contributed by atoms with Crippen LogP contribution in [0, 0.1) is 5.92 Å². The van der Waals surface area contributed by atoms with E-state index in [0.29, 0.717) is 16.8 Å². The number of H-pyrrole nitrogens is 1. The average molecular weight is 546 g/mol. The molecule has 2 aromatic carbocycles. The van der Waals surface area contributed by atoms with Crippen LogP contribution in [0.4, 0.5) is 0 Å². The number of aromatic nitrogens is 1. The number of para-hydroxylation sites is 1. The molecule has 4 N–H and O–H groups in total. The number of hydrogen-bond acceptors (Lipinski definition) is 4. The number of carboxylic acids is 1. The Hall–Kier alpha value is -2.88. The Morgan fingerprint density at radius 2 is 1.81 bits per heavy atom. The highest BCUT2D eigenvalue weighted by molar-refractivity contribution is 7.89. The lowest BCUT2D eigenvalue weighted by atomic mass is 9.96. The third kappa shape index (κ3) is 6.17. The Morgan fingerprint density at radius 3 is 2.49 bits per heavy atom. The molecule has 0 radical (unpaired) electrons. The van der Waals surface area contributed by atoms with Gasteiger partial charge < -0.3 is 15.4 Å². The van der Waals surface area contributed by atoms with E-state index in [4.69, 9.17) is 11.6 Å². The first kappa shape index (κ1) is 27.2. The minimum Gasteiger partial charge on any atom is -0.480 e. The van der Waals surface area contributed by atoms with Gasteiger partial charge in [-0.25, -0.2) is 17.9 Å². The van der Waals surface area contributed by atoms with Crippen LogP contribution in [0.5, 0.6) is 0 Å². The van der Waals surface area contributed by atoms with Crippen molar-refractivity contribution in [2.24, 2.45) is 5.92 Å². The predicted octanol–water partition coefficient (Wildman–Crippen LogP) is 4.87. The lowest BCUT2D eigenvalue weighted by Crippen LogP contribution is -2.44. The molecule has 4 rings (SSSR count). The van der Waals surface area contributed by atoms with E-state index in [1.165, 1.54) is 6.07 Å². The summed E-state index contributed by atoms with van der Waals surface area (Å²) in [6, 6.07) is 11.1. The molecule has 8 nitrogen and oxygen atoms in total. The number of carbonyl (C=O) groups is 2. The molecule has 1 fully saturated rings.